The number of nitriles is 1. The third kappa shape index (κ3) is 5.26. The van der Waals surface area contributed by atoms with Gasteiger partial charge in [-0.05, 0) is 46.2 Å². The highest BCUT2D eigenvalue weighted by Crippen LogP contribution is 2.28. The fraction of sp³-hybridized carbons (Fsp3) is 0.0588. The molecule has 0 fully saturated rings. The predicted molar refractivity (Wildman–Crippen MR) is 103 cm³/mol. The number of hydrogen-bond acceptors (Lipinski definition) is 7. The Kier molecular flexibility index (Phi) is 5.95. The van der Waals surface area contributed by atoms with Crippen molar-refractivity contribution in [2.75, 3.05) is 5.32 Å². The largest absolute Gasteiger partial charge is 0.297 e. The maximum absolute atomic E-state index is 11.9. The van der Waals surface area contributed by atoms with Gasteiger partial charge >= 0.3 is 0 Å². The molecule has 0 unspecified atom stereocenters. The fourth-order valence-corrected chi connectivity index (χ4v) is 4.17. The second kappa shape index (κ2) is 8.58. The van der Waals surface area contributed by atoms with Crippen molar-refractivity contribution in [2.24, 2.45) is 0 Å². The van der Waals surface area contributed by atoms with Gasteiger partial charge in [0.2, 0.25) is 11.0 Å². The lowest BCUT2D eigenvalue weighted by molar-refractivity contribution is -0.111. The molecule has 2 aromatic heterocycles. The Morgan fingerprint density at radius 1 is 1.28 bits per heavy atom. The summed E-state index contributed by atoms with van der Waals surface area (Å²) in [6.45, 7) is 0. The lowest BCUT2D eigenvalue weighted by Crippen LogP contribution is -2.07. The Morgan fingerprint density at radius 2 is 2.12 bits per heavy atom. The fourth-order valence-electron chi connectivity index (χ4n) is 1.83. The van der Waals surface area contributed by atoms with Crippen molar-refractivity contribution < 1.29 is 4.79 Å². The summed E-state index contributed by atoms with van der Waals surface area (Å²) in [5.41, 5.74) is 2.74. The van der Waals surface area contributed by atoms with Gasteiger partial charge in [0.15, 0.2) is 4.34 Å². The van der Waals surface area contributed by atoms with Crippen LogP contribution in [0.5, 0.6) is 0 Å². The van der Waals surface area contributed by atoms with E-state index in [9.17, 15) is 4.79 Å². The van der Waals surface area contributed by atoms with Crippen molar-refractivity contribution in [1.82, 2.24) is 10.2 Å². The first-order valence-electron chi connectivity index (χ1n) is 7.19. The molecule has 0 aliphatic carbocycles. The van der Waals surface area contributed by atoms with Gasteiger partial charge in [-0.1, -0.05) is 35.2 Å². The van der Waals surface area contributed by atoms with Crippen LogP contribution in [0, 0.1) is 11.3 Å². The molecule has 124 valence electrons. The Bertz CT molecular complexity index is 908. The molecule has 1 N–H and O–H groups in total. The van der Waals surface area contributed by atoms with Crippen LogP contribution in [-0.2, 0) is 10.5 Å². The van der Waals surface area contributed by atoms with E-state index >= 15 is 0 Å². The van der Waals surface area contributed by atoms with Gasteiger partial charge in [-0.3, -0.25) is 10.1 Å². The van der Waals surface area contributed by atoms with Crippen LogP contribution in [0.2, 0.25) is 0 Å². The molecule has 5 nitrogen and oxygen atoms in total. The number of hydrogen-bond donors (Lipinski definition) is 1. The van der Waals surface area contributed by atoms with Gasteiger partial charge in [-0.2, -0.15) is 16.6 Å². The number of nitrogens with one attached hydrogen (secondary N) is 1. The average Bonchev–Trinajstić information content (AvgIpc) is 3.30. The summed E-state index contributed by atoms with van der Waals surface area (Å²) in [5.74, 6) is 0.498. The molecule has 2 heterocycles. The number of aromatic nitrogens is 2. The summed E-state index contributed by atoms with van der Waals surface area (Å²) >= 11 is 4.46. The maximum Gasteiger partial charge on any atom is 0.250 e. The van der Waals surface area contributed by atoms with Crippen molar-refractivity contribution >= 4 is 51.6 Å². The number of amides is 1. The number of rotatable bonds is 6. The normalized spacial score (nSPS) is 10.7. The van der Waals surface area contributed by atoms with Crippen LogP contribution in [0.25, 0.3) is 6.08 Å². The van der Waals surface area contributed by atoms with E-state index in [0.717, 1.165) is 21.2 Å². The van der Waals surface area contributed by atoms with Crippen molar-refractivity contribution in [3.05, 3.63) is 63.9 Å². The average molecular weight is 385 g/mol. The van der Waals surface area contributed by atoms with E-state index in [1.807, 2.05) is 29.0 Å². The third-order valence-electron chi connectivity index (χ3n) is 3.05. The van der Waals surface area contributed by atoms with E-state index in [1.54, 1.807) is 41.3 Å². The first-order chi connectivity index (χ1) is 12.2. The second-order valence-electron chi connectivity index (χ2n) is 4.85. The van der Waals surface area contributed by atoms with Gasteiger partial charge in [-0.15, -0.1) is 10.2 Å². The van der Waals surface area contributed by atoms with Crippen molar-refractivity contribution in [2.45, 2.75) is 10.1 Å². The van der Waals surface area contributed by atoms with Crippen LogP contribution in [0.15, 0.2) is 51.5 Å². The zero-order valence-electron chi connectivity index (χ0n) is 12.9. The standard InChI is InChI=1S/C17H12N4OS3/c18-9-12-1-3-13(4-2-12)11-24-17-21-20-16(25-17)19-15(22)6-5-14-7-8-23-10-14/h1-8,10H,11H2,(H,19,20,22)/b6-5+. The Balaban J connectivity index is 1.51. The number of thiophene rings is 1. The van der Waals surface area contributed by atoms with Crippen LogP contribution >= 0.6 is 34.4 Å². The zero-order valence-corrected chi connectivity index (χ0v) is 15.3. The van der Waals surface area contributed by atoms with E-state index in [4.69, 9.17) is 5.26 Å². The molecule has 0 aliphatic heterocycles. The van der Waals surface area contributed by atoms with E-state index in [1.165, 1.54) is 17.4 Å². The van der Waals surface area contributed by atoms with Gasteiger partial charge in [0.25, 0.3) is 0 Å². The lowest BCUT2D eigenvalue weighted by atomic mass is 10.2. The summed E-state index contributed by atoms with van der Waals surface area (Å²) in [6.07, 6.45) is 3.24. The Hall–Kier alpha value is -2.47. The molecule has 3 rings (SSSR count). The van der Waals surface area contributed by atoms with Crippen LogP contribution in [0.4, 0.5) is 5.13 Å². The Morgan fingerprint density at radius 3 is 2.84 bits per heavy atom. The minimum absolute atomic E-state index is 0.231. The molecule has 1 amide bonds. The molecular weight excluding hydrogens is 372 g/mol. The monoisotopic (exact) mass is 384 g/mol. The molecular formula is C17H12N4OS3. The van der Waals surface area contributed by atoms with Gasteiger partial charge in [0, 0.05) is 11.8 Å². The van der Waals surface area contributed by atoms with Crippen LogP contribution in [-0.4, -0.2) is 16.1 Å². The molecule has 8 heteroatoms. The molecule has 25 heavy (non-hydrogen) atoms. The highest BCUT2D eigenvalue weighted by molar-refractivity contribution is 8.00. The topological polar surface area (TPSA) is 78.7 Å². The van der Waals surface area contributed by atoms with Crippen molar-refractivity contribution in [3.63, 3.8) is 0 Å². The van der Waals surface area contributed by atoms with Gasteiger partial charge in [-0.25, -0.2) is 0 Å². The first kappa shape index (κ1) is 17.4. The minimum atomic E-state index is -0.231. The quantitative estimate of drug-likeness (QED) is 0.387. The summed E-state index contributed by atoms with van der Waals surface area (Å²) in [4.78, 5) is 11.9. The molecule has 0 spiro atoms. The summed E-state index contributed by atoms with van der Waals surface area (Å²) in [7, 11) is 0. The van der Waals surface area contributed by atoms with Crippen LogP contribution in [0.1, 0.15) is 16.7 Å². The molecule has 0 radical (unpaired) electrons. The SMILES string of the molecule is N#Cc1ccc(CSc2nnc(NC(=O)/C=C/c3ccsc3)s2)cc1. The molecule has 0 saturated carbocycles. The van der Waals surface area contributed by atoms with E-state index in [-0.39, 0.29) is 5.91 Å². The van der Waals surface area contributed by atoms with Gasteiger partial charge in [0.1, 0.15) is 0 Å². The highest BCUT2D eigenvalue weighted by Gasteiger charge is 2.07. The minimum Gasteiger partial charge on any atom is -0.297 e. The molecule has 1 aromatic carbocycles. The predicted octanol–water partition coefficient (Wildman–Crippen LogP) is 4.42. The Labute approximate surface area is 157 Å². The summed E-state index contributed by atoms with van der Waals surface area (Å²) in [6, 6.07) is 11.5. The third-order valence-corrected chi connectivity index (χ3v) is 5.80. The smallest absolute Gasteiger partial charge is 0.250 e. The number of carbonyl (C=O) groups excluding carboxylic acids is 1. The van der Waals surface area contributed by atoms with E-state index < -0.39 is 0 Å². The summed E-state index contributed by atoms with van der Waals surface area (Å²) < 4.78 is 0.779. The number of nitrogens with zero attached hydrogens (tertiary/aromatic N) is 3. The molecule has 0 bridgehead atoms. The maximum atomic E-state index is 11.9. The lowest BCUT2D eigenvalue weighted by Gasteiger charge is -1.98. The van der Waals surface area contributed by atoms with Crippen LogP contribution in [0.3, 0.4) is 0 Å². The van der Waals surface area contributed by atoms with Crippen molar-refractivity contribution in [3.8, 4) is 6.07 Å². The number of carbonyl (C=O) groups is 1. The van der Waals surface area contributed by atoms with Gasteiger partial charge in [0.05, 0.1) is 11.6 Å². The molecule has 0 saturated heterocycles. The van der Waals surface area contributed by atoms with E-state index in [0.29, 0.717) is 10.7 Å². The molecule has 0 aliphatic rings. The zero-order chi connectivity index (χ0) is 17.5. The highest BCUT2D eigenvalue weighted by atomic mass is 32.2. The second-order valence-corrected chi connectivity index (χ2v) is 7.83. The van der Waals surface area contributed by atoms with E-state index in [2.05, 4.69) is 21.6 Å². The van der Waals surface area contributed by atoms with Crippen molar-refractivity contribution in [1.29, 1.82) is 5.26 Å². The number of benzene rings is 1. The summed E-state index contributed by atoms with van der Waals surface area (Å²) in [5, 5.41) is 24.0. The van der Waals surface area contributed by atoms with Gasteiger partial charge < -0.3 is 0 Å². The number of anilines is 1. The number of thioether (sulfide) groups is 1. The van der Waals surface area contributed by atoms with Crippen LogP contribution < -0.4 is 5.32 Å². The first-order valence-corrected chi connectivity index (χ1v) is 9.94. The molecule has 0 atom stereocenters. The molecule has 3 aromatic rings.